The first kappa shape index (κ1) is 79.0. The Morgan fingerprint density at radius 1 is 0.105 bits per heavy atom. The molecule has 0 aliphatic rings. The fraction of sp³-hybridized carbons (Fsp3) is 0.0806. The second-order valence-corrected chi connectivity index (χ2v) is 33.6. The number of fused-ring (bicyclic) bond motifs is 6. The van der Waals surface area contributed by atoms with Gasteiger partial charge in [0.2, 0.25) is 0 Å². The summed E-state index contributed by atoms with van der Waals surface area (Å²) < 4.78 is 0. The summed E-state index contributed by atoms with van der Waals surface area (Å²) in [6.07, 6.45) is 0. The third-order valence-electron chi connectivity index (χ3n) is 25.9. The van der Waals surface area contributed by atoms with Crippen LogP contribution < -0.4 is 0 Å². The molecule has 0 radical (unpaired) electrons. The normalized spacial score (nSPS) is 11.3. The topological polar surface area (TPSA) is 0 Å². The monoisotopic (exact) mass is 1590 g/mol. The first-order valence-electron chi connectivity index (χ1n) is 43.5. The van der Waals surface area contributed by atoms with Gasteiger partial charge in [0, 0.05) is 0 Å². The molecule has 0 saturated heterocycles. The summed E-state index contributed by atoms with van der Waals surface area (Å²) in [6.45, 7) is 22.2. The zero-order valence-electron chi connectivity index (χ0n) is 72.3. The Labute approximate surface area is 730 Å². The quantitative estimate of drug-likeness (QED) is 0.107. The fourth-order valence-electron chi connectivity index (χ4n) is 20.0. The maximum absolute atomic E-state index is 2.38. The molecule has 0 unspecified atom stereocenters. The van der Waals surface area contributed by atoms with Crippen LogP contribution in [0, 0.1) is 69.2 Å². The number of benzene rings is 21. The van der Waals surface area contributed by atoms with Gasteiger partial charge in [0.25, 0.3) is 0 Å². The molecule has 21 aromatic carbocycles. The summed E-state index contributed by atoms with van der Waals surface area (Å²) in [7, 11) is 0. The van der Waals surface area contributed by atoms with Crippen LogP contribution in [0.1, 0.15) is 55.6 Å². The van der Waals surface area contributed by atoms with Gasteiger partial charge in [-0.15, -0.1) is 0 Å². The summed E-state index contributed by atoms with van der Waals surface area (Å²) in [5.74, 6) is 0. The fourth-order valence-corrected chi connectivity index (χ4v) is 20.0. The van der Waals surface area contributed by atoms with Crippen LogP contribution in [0.25, 0.3) is 198 Å². The third kappa shape index (κ3) is 14.7. The van der Waals surface area contributed by atoms with Crippen molar-refractivity contribution in [1.29, 1.82) is 0 Å². The van der Waals surface area contributed by atoms with Crippen molar-refractivity contribution in [2.75, 3.05) is 0 Å². The molecule has 21 rings (SSSR count). The number of rotatable bonds is 12. The minimum absolute atomic E-state index is 1.24. The van der Waals surface area contributed by atoms with Crippen molar-refractivity contribution in [2.45, 2.75) is 69.2 Å². The average molecular weight is 1590 g/mol. The molecule has 0 fully saturated rings. The van der Waals surface area contributed by atoms with Gasteiger partial charge in [-0.05, 0) is 347 Å². The molecule has 0 aromatic heterocycles. The van der Waals surface area contributed by atoms with Gasteiger partial charge < -0.3 is 0 Å². The molecule has 21 aromatic rings. The Morgan fingerprint density at radius 3 is 0.516 bits per heavy atom. The Morgan fingerprint density at radius 2 is 0.266 bits per heavy atom. The SMILES string of the molecule is Cc1cccc(C)c1-c1cccc(-c2c3ccccc3c(-c3cccc(-c4c(C)cccc4C)c3)c3ccccc23)c1.Cc1ccccc1-c1cccc(-c2c3ccccc3c(-c3cccc(-c4ccccc4C)c3)c3ccccc23)c1.Cc1ccccc1-c1cccc(-c2c3ccccc3c(-c3cccc(-c4ccccc4C)c3C)c3ccccc23)c1C. The molecule has 594 valence electrons. The van der Waals surface area contributed by atoms with Crippen LogP contribution in [0.15, 0.2) is 413 Å². The molecule has 0 aliphatic carbocycles. The Balaban J connectivity index is 0.000000122. The Kier molecular flexibility index (Phi) is 21.7. The lowest BCUT2D eigenvalue weighted by Crippen LogP contribution is -1.96. The number of aryl methyl sites for hydroxylation is 8. The number of hydrogen-bond acceptors (Lipinski definition) is 0. The summed E-state index contributed by atoms with van der Waals surface area (Å²) in [5, 5.41) is 15.4. The standard InChI is InChI=1S/2C42H34.C40H30/c1-27-13-9-14-28(2)39(27)31-17-11-19-33(25-31)41-35-21-5-7-23-37(35)42(38-24-8-6-22-36(38)41)34-20-12-18-32(26-34)40-29(3)15-10-16-30(40)4;1-27-15-5-7-17-31(27)33-23-13-25-35(29(33)3)41-37-19-9-11-21-39(37)42(40-22-12-10-20-38(40)41)36-26-14-24-34(30(36)4)32-18-8-6-16-28(32)2;1-27-13-3-5-19-33(27)29-15-11-17-31(25-29)39-35-21-7-9-23-37(35)40(38-24-10-8-22-36(38)39)32-18-12-16-30(26-32)34-20-6-4-14-28(34)2/h2*5-26H,1-4H3;3-26H,1-2H3. The van der Waals surface area contributed by atoms with Crippen molar-refractivity contribution in [1.82, 2.24) is 0 Å². The average Bonchev–Trinajstić information content (AvgIpc) is 0.735. The van der Waals surface area contributed by atoms with Crippen LogP contribution in [0.3, 0.4) is 0 Å². The molecule has 124 heavy (non-hydrogen) atoms. The smallest absolute Gasteiger partial charge is 0.00235 e. The lowest BCUT2D eigenvalue weighted by molar-refractivity contribution is 1.38. The first-order valence-corrected chi connectivity index (χ1v) is 43.5. The molecule has 0 aliphatic heterocycles. The van der Waals surface area contributed by atoms with E-state index in [1.54, 1.807) is 0 Å². The van der Waals surface area contributed by atoms with Crippen molar-refractivity contribution in [3.8, 4) is 134 Å². The van der Waals surface area contributed by atoms with Gasteiger partial charge in [-0.25, -0.2) is 0 Å². The van der Waals surface area contributed by atoms with Gasteiger partial charge in [-0.3, -0.25) is 0 Å². The minimum Gasteiger partial charge on any atom is -0.0620 e. The highest BCUT2D eigenvalue weighted by molar-refractivity contribution is 6.25. The van der Waals surface area contributed by atoms with Crippen LogP contribution in [-0.4, -0.2) is 0 Å². The number of hydrogen-bond donors (Lipinski definition) is 0. The van der Waals surface area contributed by atoms with Crippen molar-refractivity contribution in [2.24, 2.45) is 0 Å². The van der Waals surface area contributed by atoms with Crippen molar-refractivity contribution in [3.63, 3.8) is 0 Å². The first-order chi connectivity index (χ1) is 60.7. The predicted molar refractivity (Wildman–Crippen MR) is 537 cm³/mol. The van der Waals surface area contributed by atoms with E-state index in [1.807, 2.05) is 0 Å². The molecule has 0 nitrogen and oxygen atoms in total. The molecule has 0 spiro atoms. The highest BCUT2D eigenvalue weighted by Crippen LogP contribution is 2.51. The molecule has 0 heteroatoms. The molecule has 0 atom stereocenters. The molecule has 0 heterocycles. The third-order valence-corrected chi connectivity index (χ3v) is 25.9. The van der Waals surface area contributed by atoms with E-state index in [2.05, 4.69) is 482 Å². The van der Waals surface area contributed by atoms with Crippen LogP contribution in [0.2, 0.25) is 0 Å². The summed E-state index contributed by atoms with van der Waals surface area (Å²) in [6, 6.07) is 151. The Bertz CT molecular complexity index is 7060. The highest BCUT2D eigenvalue weighted by Gasteiger charge is 2.25. The van der Waals surface area contributed by atoms with Gasteiger partial charge in [0.1, 0.15) is 0 Å². The minimum atomic E-state index is 1.24. The van der Waals surface area contributed by atoms with E-state index in [-0.39, 0.29) is 0 Å². The molecular formula is C124H98. The second-order valence-electron chi connectivity index (χ2n) is 33.6. The lowest BCUT2D eigenvalue weighted by atomic mass is 9.82. The summed E-state index contributed by atoms with van der Waals surface area (Å²) in [4.78, 5) is 0. The van der Waals surface area contributed by atoms with Gasteiger partial charge >= 0.3 is 0 Å². The molecular weight excluding hydrogens is 1490 g/mol. The van der Waals surface area contributed by atoms with E-state index in [0.717, 1.165) is 0 Å². The molecule has 0 saturated carbocycles. The second kappa shape index (κ2) is 34.0. The van der Waals surface area contributed by atoms with Crippen LogP contribution >= 0.6 is 0 Å². The van der Waals surface area contributed by atoms with Gasteiger partial charge in [0.05, 0.1) is 0 Å². The van der Waals surface area contributed by atoms with Gasteiger partial charge in [-0.1, -0.05) is 388 Å². The van der Waals surface area contributed by atoms with E-state index in [1.165, 1.54) is 254 Å². The summed E-state index contributed by atoms with van der Waals surface area (Å²) >= 11 is 0. The largest absolute Gasteiger partial charge is 0.0620 e. The summed E-state index contributed by atoms with van der Waals surface area (Å²) in [5.41, 5.74) is 43.8. The van der Waals surface area contributed by atoms with Crippen LogP contribution in [0.4, 0.5) is 0 Å². The maximum Gasteiger partial charge on any atom is -0.00235 e. The molecule has 0 bridgehead atoms. The van der Waals surface area contributed by atoms with E-state index in [4.69, 9.17) is 0 Å². The maximum atomic E-state index is 2.38. The van der Waals surface area contributed by atoms with Gasteiger partial charge in [-0.2, -0.15) is 0 Å². The lowest BCUT2D eigenvalue weighted by Gasteiger charge is -2.22. The Hall–Kier alpha value is -14.8. The van der Waals surface area contributed by atoms with Crippen LogP contribution in [0.5, 0.6) is 0 Å². The van der Waals surface area contributed by atoms with Crippen molar-refractivity contribution in [3.05, 3.63) is 468 Å². The van der Waals surface area contributed by atoms with Crippen molar-refractivity contribution < 1.29 is 0 Å². The van der Waals surface area contributed by atoms with E-state index in [0.29, 0.717) is 0 Å². The zero-order valence-corrected chi connectivity index (χ0v) is 72.3. The van der Waals surface area contributed by atoms with E-state index < -0.39 is 0 Å². The van der Waals surface area contributed by atoms with Crippen LogP contribution in [-0.2, 0) is 0 Å². The van der Waals surface area contributed by atoms with Crippen molar-refractivity contribution >= 4 is 64.6 Å². The van der Waals surface area contributed by atoms with Gasteiger partial charge in [0.15, 0.2) is 0 Å². The molecule has 0 N–H and O–H groups in total. The molecule has 0 amide bonds. The van der Waals surface area contributed by atoms with E-state index in [9.17, 15) is 0 Å². The highest BCUT2D eigenvalue weighted by atomic mass is 14.3. The zero-order chi connectivity index (χ0) is 84.6. The predicted octanol–water partition coefficient (Wildman–Crippen LogP) is 35.1. The van der Waals surface area contributed by atoms with E-state index >= 15 is 0 Å².